The van der Waals surface area contributed by atoms with Gasteiger partial charge in [-0.25, -0.2) is 0 Å². The highest BCUT2D eigenvalue weighted by Gasteiger charge is 2.16. The molecule has 2 aromatic carbocycles. The summed E-state index contributed by atoms with van der Waals surface area (Å²) in [6.07, 6.45) is 0.856. The van der Waals surface area contributed by atoms with Gasteiger partial charge < -0.3 is 24.8 Å². The Kier molecular flexibility index (Phi) is 5.28. The van der Waals surface area contributed by atoms with E-state index in [1.807, 2.05) is 30.3 Å². The number of carbonyl (C=O) groups is 1. The number of methoxy groups -OCH3 is 1. The molecule has 6 nitrogen and oxygen atoms in total. The SMILES string of the molecule is COc1ccccc1NC(=O)C(C)Nc1ccc2c(c1)OCCCO2. The van der Waals surface area contributed by atoms with Crippen molar-refractivity contribution in [2.75, 3.05) is 31.0 Å². The summed E-state index contributed by atoms with van der Waals surface area (Å²) in [4.78, 5) is 12.4. The Hall–Kier alpha value is -2.89. The lowest BCUT2D eigenvalue weighted by Crippen LogP contribution is -2.32. The van der Waals surface area contributed by atoms with E-state index in [1.165, 1.54) is 0 Å². The van der Waals surface area contributed by atoms with Gasteiger partial charge in [-0.15, -0.1) is 0 Å². The van der Waals surface area contributed by atoms with Crippen molar-refractivity contribution < 1.29 is 19.0 Å². The minimum absolute atomic E-state index is 0.156. The zero-order chi connectivity index (χ0) is 17.6. The van der Waals surface area contributed by atoms with E-state index in [-0.39, 0.29) is 5.91 Å². The standard InChI is InChI=1S/C19H22N2O4/c1-13(19(22)21-15-6-3-4-7-16(15)23-2)20-14-8-9-17-18(12-14)25-11-5-10-24-17/h3-4,6-9,12-13,20H,5,10-11H2,1-2H3,(H,21,22). The van der Waals surface area contributed by atoms with E-state index in [4.69, 9.17) is 14.2 Å². The van der Waals surface area contributed by atoms with Crippen LogP contribution >= 0.6 is 0 Å². The second-order valence-electron chi connectivity index (χ2n) is 5.77. The van der Waals surface area contributed by atoms with Gasteiger partial charge in [-0.05, 0) is 31.2 Å². The van der Waals surface area contributed by atoms with Crippen LogP contribution in [0.5, 0.6) is 17.2 Å². The molecule has 0 spiro atoms. The smallest absolute Gasteiger partial charge is 0.246 e. The Bertz CT molecular complexity index is 748. The third-order valence-corrected chi connectivity index (χ3v) is 3.89. The summed E-state index contributed by atoms with van der Waals surface area (Å²) in [6, 6.07) is 12.5. The molecule has 0 aliphatic carbocycles. The summed E-state index contributed by atoms with van der Waals surface area (Å²) in [7, 11) is 1.57. The van der Waals surface area contributed by atoms with E-state index in [2.05, 4.69) is 10.6 Å². The number of carbonyl (C=O) groups excluding carboxylic acids is 1. The van der Waals surface area contributed by atoms with Crippen LogP contribution in [0.15, 0.2) is 42.5 Å². The van der Waals surface area contributed by atoms with Crippen LogP contribution in [-0.4, -0.2) is 32.3 Å². The van der Waals surface area contributed by atoms with Crippen LogP contribution in [0.3, 0.4) is 0 Å². The molecule has 1 unspecified atom stereocenters. The fraction of sp³-hybridized carbons (Fsp3) is 0.316. The molecular weight excluding hydrogens is 320 g/mol. The topological polar surface area (TPSA) is 68.8 Å². The summed E-state index contributed by atoms with van der Waals surface area (Å²) in [5.74, 6) is 1.89. The van der Waals surface area contributed by atoms with Crippen LogP contribution < -0.4 is 24.8 Å². The predicted molar refractivity (Wildman–Crippen MR) is 96.8 cm³/mol. The largest absolute Gasteiger partial charge is 0.495 e. The summed E-state index contributed by atoms with van der Waals surface area (Å²) in [6.45, 7) is 3.07. The zero-order valence-electron chi connectivity index (χ0n) is 14.4. The van der Waals surface area contributed by atoms with Crippen LogP contribution in [-0.2, 0) is 4.79 Å². The molecule has 1 amide bonds. The molecule has 0 fully saturated rings. The molecule has 1 aliphatic heterocycles. The van der Waals surface area contributed by atoms with Gasteiger partial charge in [-0.1, -0.05) is 12.1 Å². The predicted octanol–water partition coefficient (Wildman–Crippen LogP) is 3.30. The van der Waals surface area contributed by atoms with Crippen LogP contribution in [0, 0.1) is 0 Å². The maximum absolute atomic E-state index is 12.4. The van der Waals surface area contributed by atoms with Crippen molar-refractivity contribution in [3.8, 4) is 17.2 Å². The van der Waals surface area contributed by atoms with E-state index in [0.717, 1.165) is 17.9 Å². The fourth-order valence-electron chi connectivity index (χ4n) is 2.56. The number of anilines is 2. The van der Waals surface area contributed by atoms with Crippen molar-refractivity contribution in [3.63, 3.8) is 0 Å². The quantitative estimate of drug-likeness (QED) is 0.873. The number of rotatable bonds is 5. The first-order valence-corrected chi connectivity index (χ1v) is 8.27. The minimum atomic E-state index is -0.436. The van der Waals surface area contributed by atoms with Crippen molar-refractivity contribution in [1.29, 1.82) is 0 Å². The molecule has 1 atom stereocenters. The molecule has 2 aromatic rings. The molecule has 0 bridgehead atoms. The summed E-state index contributed by atoms with van der Waals surface area (Å²) < 4.78 is 16.5. The van der Waals surface area contributed by atoms with Gasteiger partial charge in [0, 0.05) is 18.2 Å². The van der Waals surface area contributed by atoms with Crippen molar-refractivity contribution in [3.05, 3.63) is 42.5 Å². The molecule has 132 valence electrons. The lowest BCUT2D eigenvalue weighted by Gasteiger charge is -2.17. The lowest BCUT2D eigenvalue weighted by molar-refractivity contribution is -0.116. The average Bonchev–Trinajstić information content (AvgIpc) is 2.87. The van der Waals surface area contributed by atoms with Crippen LogP contribution in [0.1, 0.15) is 13.3 Å². The first-order chi connectivity index (χ1) is 12.2. The number of hydrogen-bond acceptors (Lipinski definition) is 5. The van der Waals surface area contributed by atoms with E-state index < -0.39 is 6.04 Å². The van der Waals surface area contributed by atoms with Gasteiger partial charge in [0.1, 0.15) is 11.8 Å². The Labute approximate surface area is 147 Å². The van der Waals surface area contributed by atoms with Crippen LogP contribution in [0.4, 0.5) is 11.4 Å². The maximum atomic E-state index is 12.4. The number of amides is 1. The van der Waals surface area contributed by atoms with Gasteiger partial charge in [0.15, 0.2) is 11.5 Å². The van der Waals surface area contributed by atoms with Crippen LogP contribution in [0.2, 0.25) is 0 Å². The van der Waals surface area contributed by atoms with Crippen molar-refractivity contribution in [2.24, 2.45) is 0 Å². The van der Waals surface area contributed by atoms with Gasteiger partial charge >= 0.3 is 0 Å². The molecule has 0 saturated carbocycles. The number of benzene rings is 2. The van der Waals surface area contributed by atoms with E-state index in [0.29, 0.717) is 30.4 Å². The molecule has 0 aromatic heterocycles. The minimum Gasteiger partial charge on any atom is -0.495 e. The monoisotopic (exact) mass is 342 g/mol. The van der Waals surface area contributed by atoms with Gasteiger partial charge in [-0.2, -0.15) is 0 Å². The van der Waals surface area contributed by atoms with Gasteiger partial charge in [-0.3, -0.25) is 4.79 Å². The summed E-state index contributed by atoms with van der Waals surface area (Å²) in [5, 5.41) is 6.05. The van der Waals surface area contributed by atoms with E-state index in [1.54, 1.807) is 26.2 Å². The third-order valence-electron chi connectivity index (χ3n) is 3.89. The van der Waals surface area contributed by atoms with E-state index >= 15 is 0 Å². The molecule has 2 N–H and O–H groups in total. The van der Waals surface area contributed by atoms with Crippen molar-refractivity contribution >= 4 is 17.3 Å². The number of ether oxygens (including phenoxy) is 3. The second-order valence-corrected chi connectivity index (χ2v) is 5.77. The molecule has 0 saturated heterocycles. The number of nitrogens with one attached hydrogen (secondary N) is 2. The first kappa shape index (κ1) is 17.0. The molecule has 1 aliphatic rings. The first-order valence-electron chi connectivity index (χ1n) is 8.27. The Morgan fingerprint density at radius 2 is 1.88 bits per heavy atom. The molecule has 0 radical (unpaired) electrons. The molecule has 1 heterocycles. The van der Waals surface area contributed by atoms with Gasteiger partial charge in [0.25, 0.3) is 0 Å². The second kappa shape index (κ2) is 7.79. The highest BCUT2D eigenvalue weighted by atomic mass is 16.5. The van der Waals surface area contributed by atoms with Crippen molar-refractivity contribution in [2.45, 2.75) is 19.4 Å². The summed E-state index contributed by atoms with van der Waals surface area (Å²) in [5.41, 5.74) is 1.44. The zero-order valence-corrected chi connectivity index (χ0v) is 14.4. The Morgan fingerprint density at radius 1 is 1.12 bits per heavy atom. The lowest BCUT2D eigenvalue weighted by atomic mass is 10.2. The average molecular weight is 342 g/mol. The maximum Gasteiger partial charge on any atom is 0.246 e. The highest BCUT2D eigenvalue weighted by molar-refractivity contribution is 5.97. The highest BCUT2D eigenvalue weighted by Crippen LogP contribution is 2.32. The van der Waals surface area contributed by atoms with Crippen LogP contribution in [0.25, 0.3) is 0 Å². The number of hydrogen-bond donors (Lipinski definition) is 2. The van der Waals surface area contributed by atoms with Gasteiger partial charge in [0.2, 0.25) is 5.91 Å². The van der Waals surface area contributed by atoms with Gasteiger partial charge in [0.05, 0.1) is 26.0 Å². The fourth-order valence-corrected chi connectivity index (χ4v) is 2.56. The molecule has 3 rings (SSSR count). The van der Waals surface area contributed by atoms with E-state index in [9.17, 15) is 4.79 Å². The normalized spacial score (nSPS) is 14.2. The molecule has 25 heavy (non-hydrogen) atoms. The molecule has 6 heteroatoms. The van der Waals surface area contributed by atoms with Crippen molar-refractivity contribution in [1.82, 2.24) is 0 Å². The Morgan fingerprint density at radius 3 is 2.68 bits per heavy atom. The molecular formula is C19H22N2O4. The number of fused-ring (bicyclic) bond motifs is 1. The number of para-hydroxylation sites is 2. The Balaban J connectivity index is 1.66. The summed E-state index contributed by atoms with van der Waals surface area (Å²) >= 11 is 0. The third kappa shape index (κ3) is 4.15.